The SMILES string of the molecule is CCOc1ccc(-c2cc(C(=O)NC[C@]3(C)C[C@H](NC(=O)c4cc(-c5ccc(OCC)cc5)nc5ccccc45)CC(C)(C)C3)c3ccccc3n2)cc1. The van der Waals surface area contributed by atoms with Gasteiger partial charge in [-0.05, 0) is 117 Å². The Balaban J connectivity index is 1.10. The minimum Gasteiger partial charge on any atom is -0.494 e. The smallest absolute Gasteiger partial charge is 0.252 e. The molecule has 2 amide bonds. The van der Waals surface area contributed by atoms with Crippen molar-refractivity contribution in [1.29, 1.82) is 0 Å². The molecule has 54 heavy (non-hydrogen) atoms. The molecule has 1 aliphatic rings. The first-order valence-electron chi connectivity index (χ1n) is 18.9. The number of hydrogen-bond acceptors (Lipinski definition) is 6. The number of pyridine rings is 2. The fourth-order valence-electron chi connectivity index (χ4n) is 8.32. The molecule has 7 rings (SSSR count). The van der Waals surface area contributed by atoms with E-state index in [1.807, 2.05) is 123 Å². The molecule has 2 aromatic heterocycles. The quantitative estimate of drug-likeness (QED) is 0.138. The van der Waals surface area contributed by atoms with Crippen molar-refractivity contribution in [1.82, 2.24) is 20.6 Å². The number of fused-ring (bicyclic) bond motifs is 2. The lowest BCUT2D eigenvalue weighted by Crippen LogP contribution is -2.50. The van der Waals surface area contributed by atoms with E-state index in [2.05, 4.69) is 31.4 Å². The second-order valence-corrected chi connectivity index (χ2v) is 15.5. The van der Waals surface area contributed by atoms with E-state index >= 15 is 0 Å². The maximum Gasteiger partial charge on any atom is 0.252 e. The molecular formula is C46H48N4O4. The first-order valence-corrected chi connectivity index (χ1v) is 18.9. The maximum atomic E-state index is 14.2. The van der Waals surface area contributed by atoms with Crippen LogP contribution < -0.4 is 20.1 Å². The fourth-order valence-corrected chi connectivity index (χ4v) is 8.32. The van der Waals surface area contributed by atoms with Crippen LogP contribution in [0.1, 0.15) is 74.6 Å². The van der Waals surface area contributed by atoms with E-state index in [0.717, 1.165) is 75.1 Å². The summed E-state index contributed by atoms with van der Waals surface area (Å²) < 4.78 is 11.3. The number of amides is 2. The summed E-state index contributed by atoms with van der Waals surface area (Å²) in [4.78, 5) is 38.1. The van der Waals surface area contributed by atoms with E-state index in [0.29, 0.717) is 30.9 Å². The van der Waals surface area contributed by atoms with Crippen LogP contribution in [-0.4, -0.2) is 47.6 Å². The van der Waals surface area contributed by atoms with Gasteiger partial charge in [-0.15, -0.1) is 0 Å². The molecule has 8 nitrogen and oxygen atoms in total. The number of carbonyl (C=O) groups excluding carboxylic acids is 2. The lowest BCUT2D eigenvalue weighted by atomic mass is 9.62. The van der Waals surface area contributed by atoms with Gasteiger partial charge in [0, 0.05) is 34.5 Å². The summed E-state index contributed by atoms with van der Waals surface area (Å²) in [6.07, 6.45) is 2.46. The standard InChI is InChI=1S/C46H48N4O4/c1-6-53-33-20-16-30(17-21-33)41-24-37(35-12-8-10-14-39(35)49-41)43(51)47-29-46(5)27-32(26-45(3,4)28-46)48-44(52)38-25-42(50-40-15-11-9-13-36(38)40)31-18-22-34(23-19-31)54-7-2/h8-25,32H,6-7,26-29H2,1-5H3,(H,47,51)(H,48,52)/t32-,46-/m1/s1. The van der Waals surface area contributed by atoms with Crippen LogP contribution in [0.15, 0.2) is 109 Å². The second kappa shape index (κ2) is 15.3. The van der Waals surface area contributed by atoms with Crippen LogP contribution in [0.25, 0.3) is 44.3 Å². The van der Waals surface area contributed by atoms with Gasteiger partial charge in [0.15, 0.2) is 0 Å². The third kappa shape index (κ3) is 8.08. The highest BCUT2D eigenvalue weighted by atomic mass is 16.5. The molecule has 1 fully saturated rings. The summed E-state index contributed by atoms with van der Waals surface area (Å²) in [5.74, 6) is 1.32. The molecule has 4 aromatic carbocycles. The largest absolute Gasteiger partial charge is 0.494 e. The monoisotopic (exact) mass is 720 g/mol. The molecular weight excluding hydrogens is 673 g/mol. The predicted octanol–water partition coefficient (Wildman–Crippen LogP) is 9.66. The predicted molar refractivity (Wildman–Crippen MR) is 216 cm³/mol. The van der Waals surface area contributed by atoms with Crippen molar-refractivity contribution >= 4 is 33.6 Å². The van der Waals surface area contributed by atoms with Crippen LogP contribution in [0.3, 0.4) is 0 Å². The maximum absolute atomic E-state index is 14.2. The number of ether oxygens (including phenoxy) is 2. The zero-order valence-corrected chi connectivity index (χ0v) is 31.7. The van der Waals surface area contributed by atoms with E-state index < -0.39 is 0 Å². The molecule has 0 bridgehead atoms. The summed E-state index contributed by atoms with van der Waals surface area (Å²) in [6, 6.07) is 34.8. The van der Waals surface area contributed by atoms with E-state index in [-0.39, 0.29) is 28.7 Å². The molecule has 2 heterocycles. The van der Waals surface area contributed by atoms with Crippen LogP contribution in [0.4, 0.5) is 0 Å². The normalized spacial score (nSPS) is 17.9. The van der Waals surface area contributed by atoms with Gasteiger partial charge in [-0.3, -0.25) is 9.59 Å². The van der Waals surface area contributed by atoms with Crippen LogP contribution in [0.2, 0.25) is 0 Å². The number of para-hydroxylation sites is 2. The van der Waals surface area contributed by atoms with Gasteiger partial charge < -0.3 is 20.1 Å². The average molecular weight is 721 g/mol. The Morgan fingerprint density at radius 3 is 1.65 bits per heavy atom. The van der Waals surface area contributed by atoms with Crippen LogP contribution >= 0.6 is 0 Å². The molecule has 0 spiro atoms. The topological polar surface area (TPSA) is 102 Å². The lowest BCUT2D eigenvalue weighted by Gasteiger charge is -2.47. The van der Waals surface area contributed by atoms with Gasteiger partial charge in [-0.2, -0.15) is 0 Å². The Labute approximate surface area is 317 Å². The Hall–Kier alpha value is -5.76. The highest BCUT2D eigenvalue weighted by molar-refractivity contribution is 6.08. The Kier molecular flexibility index (Phi) is 10.4. The van der Waals surface area contributed by atoms with Gasteiger partial charge in [0.2, 0.25) is 0 Å². The highest BCUT2D eigenvalue weighted by Gasteiger charge is 2.42. The number of rotatable bonds is 11. The summed E-state index contributed by atoms with van der Waals surface area (Å²) in [5, 5.41) is 8.31. The van der Waals surface area contributed by atoms with Gasteiger partial charge in [-0.25, -0.2) is 9.97 Å². The summed E-state index contributed by atoms with van der Waals surface area (Å²) in [6.45, 7) is 12.3. The van der Waals surface area contributed by atoms with Crippen LogP contribution in [0, 0.1) is 10.8 Å². The fraction of sp³-hybridized carbons (Fsp3) is 0.304. The Morgan fingerprint density at radius 2 is 1.15 bits per heavy atom. The molecule has 6 aromatic rings. The molecule has 276 valence electrons. The molecule has 0 unspecified atom stereocenters. The third-order valence-electron chi connectivity index (χ3n) is 10.3. The molecule has 0 saturated heterocycles. The summed E-state index contributed by atoms with van der Waals surface area (Å²) in [5.41, 5.74) is 5.65. The summed E-state index contributed by atoms with van der Waals surface area (Å²) in [7, 11) is 0. The van der Waals surface area contributed by atoms with Crippen molar-refractivity contribution < 1.29 is 19.1 Å². The first kappa shape index (κ1) is 36.6. The van der Waals surface area contributed by atoms with Crippen molar-refractivity contribution in [3.05, 3.63) is 120 Å². The van der Waals surface area contributed by atoms with Gasteiger partial charge in [0.25, 0.3) is 11.8 Å². The lowest BCUT2D eigenvalue weighted by molar-refractivity contribution is 0.0593. The number of nitrogens with zero attached hydrogens (tertiary/aromatic N) is 2. The van der Waals surface area contributed by atoms with Crippen molar-refractivity contribution in [2.45, 2.75) is 59.9 Å². The molecule has 0 aliphatic heterocycles. The average Bonchev–Trinajstić information content (AvgIpc) is 3.16. The van der Waals surface area contributed by atoms with Crippen molar-refractivity contribution in [3.8, 4) is 34.0 Å². The second-order valence-electron chi connectivity index (χ2n) is 15.5. The molecule has 1 aliphatic carbocycles. The Bertz CT molecular complexity index is 2300. The van der Waals surface area contributed by atoms with Gasteiger partial charge >= 0.3 is 0 Å². The minimum atomic E-state index is -0.260. The number of benzene rings is 4. The molecule has 1 saturated carbocycles. The number of aromatic nitrogens is 2. The molecule has 0 radical (unpaired) electrons. The molecule has 8 heteroatoms. The van der Waals surface area contributed by atoms with Gasteiger partial charge in [-0.1, -0.05) is 57.2 Å². The molecule has 2 N–H and O–H groups in total. The zero-order chi connectivity index (χ0) is 37.9. The van der Waals surface area contributed by atoms with E-state index in [1.54, 1.807) is 0 Å². The first-order chi connectivity index (χ1) is 26.0. The zero-order valence-electron chi connectivity index (χ0n) is 31.7. The number of carbonyl (C=O) groups is 2. The van der Waals surface area contributed by atoms with Crippen LogP contribution in [0.5, 0.6) is 11.5 Å². The van der Waals surface area contributed by atoms with E-state index in [1.165, 1.54) is 0 Å². The van der Waals surface area contributed by atoms with Crippen molar-refractivity contribution in [2.24, 2.45) is 10.8 Å². The number of nitrogens with one attached hydrogen (secondary N) is 2. The minimum absolute atomic E-state index is 0.0619. The van der Waals surface area contributed by atoms with Gasteiger partial charge in [0.05, 0.1) is 46.8 Å². The van der Waals surface area contributed by atoms with Gasteiger partial charge in [0.1, 0.15) is 11.5 Å². The molecule has 2 atom stereocenters. The highest BCUT2D eigenvalue weighted by Crippen LogP contribution is 2.46. The van der Waals surface area contributed by atoms with E-state index in [9.17, 15) is 9.59 Å². The van der Waals surface area contributed by atoms with Crippen molar-refractivity contribution in [2.75, 3.05) is 19.8 Å². The third-order valence-corrected chi connectivity index (χ3v) is 10.3. The summed E-state index contributed by atoms with van der Waals surface area (Å²) >= 11 is 0. The van der Waals surface area contributed by atoms with Crippen molar-refractivity contribution in [3.63, 3.8) is 0 Å². The van der Waals surface area contributed by atoms with Crippen LogP contribution in [-0.2, 0) is 0 Å². The van der Waals surface area contributed by atoms with E-state index in [4.69, 9.17) is 19.4 Å². The number of hydrogen-bond donors (Lipinski definition) is 2. The Morgan fingerprint density at radius 1 is 0.667 bits per heavy atom.